The van der Waals surface area contributed by atoms with Crippen molar-refractivity contribution in [2.45, 2.75) is 89.1 Å². The lowest BCUT2D eigenvalue weighted by Gasteiger charge is -2.39. The molecule has 3 aliphatic heterocycles. The third-order valence-electron chi connectivity index (χ3n) is 10.6. The van der Waals surface area contributed by atoms with Crippen LogP contribution >= 0.6 is 0 Å². The van der Waals surface area contributed by atoms with Gasteiger partial charge in [0.1, 0.15) is 6.29 Å². The lowest BCUT2D eigenvalue weighted by atomic mass is 9.83. The van der Waals surface area contributed by atoms with Gasteiger partial charge in [0.25, 0.3) is 0 Å². The Balaban J connectivity index is 0.985. The first-order valence-electron chi connectivity index (χ1n) is 17.6. The SMILES string of the molecule is CC(C)c1cnc(N(C)C2CCN(c3ccc(CN4CCC(O)(c5ccc(C=O)c(CNC6CCC(=O)NC6=O)c5)CC4)cc3)CC2)nc1. The highest BCUT2D eigenvalue weighted by atomic mass is 16.3. The number of nitrogens with zero attached hydrogens (tertiary/aromatic N) is 5. The first-order valence-corrected chi connectivity index (χ1v) is 17.6. The molecule has 0 spiro atoms. The standard InChI is InChI=1S/C38H49N7O4/c1-26(2)30-22-40-37(41-23-30)43(3)32-12-16-45(17-13-32)33-8-4-27(5-9-33)24-44-18-14-38(49,15-19-44)31-7-6-28(25-46)29(20-31)21-39-34-10-11-35(47)42-36(34)48/h4-9,20,22-23,25-26,32,34,39,49H,10-19,21,24H2,1-3H3,(H,42,47,48). The number of aromatic nitrogens is 2. The van der Waals surface area contributed by atoms with Crippen LogP contribution in [0.15, 0.2) is 54.9 Å². The molecule has 4 heterocycles. The average molecular weight is 668 g/mol. The number of carbonyl (C=O) groups is 3. The summed E-state index contributed by atoms with van der Waals surface area (Å²) in [5.41, 5.74) is 4.71. The Morgan fingerprint density at radius 3 is 2.35 bits per heavy atom. The number of carbonyl (C=O) groups excluding carboxylic acids is 3. The van der Waals surface area contributed by atoms with Crippen LogP contribution in [0.4, 0.5) is 11.6 Å². The highest BCUT2D eigenvalue weighted by Gasteiger charge is 2.35. The number of imide groups is 1. The number of hydrogen-bond donors (Lipinski definition) is 3. The summed E-state index contributed by atoms with van der Waals surface area (Å²) in [4.78, 5) is 51.7. The number of hydrogen-bond acceptors (Lipinski definition) is 10. The van der Waals surface area contributed by atoms with Crippen LogP contribution in [0.3, 0.4) is 0 Å². The van der Waals surface area contributed by atoms with Crippen LogP contribution in [0.25, 0.3) is 0 Å². The van der Waals surface area contributed by atoms with E-state index in [0.717, 1.165) is 74.5 Å². The number of aliphatic hydroxyl groups is 1. The van der Waals surface area contributed by atoms with Crippen LogP contribution < -0.4 is 20.4 Å². The molecule has 3 aliphatic rings. The van der Waals surface area contributed by atoms with Crippen molar-refractivity contribution in [1.29, 1.82) is 0 Å². The van der Waals surface area contributed by atoms with Gasteiger partial charge in [0.05, 0.1) is 11.6 Å². The summed E-state index contributed by atoms with van der Waals surface area (Å²) in [6, 6.07) is 14.3. The molecule has 3 N–H and O–H groups in total. The molecule has 0 bridgehead atoms. The van der Waals surface area contributed by atoms with Crippen molar-refractivity contribution in [1.82, 2.24) is 25.5 Å². The third kappa shape index (κ3) is 8.17. The van der Waals surface area contributed by atoms with Crippen LogP contribution in [-0.4, -0.2) is 83.4 Å². The molecule has 2 aromatic carbocycles. The maximum Gasteiger partial charge on any atom is 0.243 e. The van der Waals surface area contributed by atoms with E-state index in [9.17, 15) is 19.5 Å². The summed E-state index contributed by atoms with van der Waals surface area (Å²) in [6.45, 7) is 8.92. The molecule has 6 rings (SSSR count). The van der Waals surface area contributed by atoms with Crippen LogP contribution in [0.1, 0.15) is 90.9 Å². The van der Waals surface area contributed by atoms with E-state index in [2.05, 4.69) is 80.5 Å². The van der Waals surface area contributed by atoms with Crippen molar-refractivity contribution in [2.75, 3.05) is 43.0 Å². The molecule has 0 aliphatic carbocycles. The molecule has 3 aromatic rings. The molecule has 1 aromatic heterocycles. The lowest BCUT2D eigenvalue weighted by Crippen LogP contribution is -2.50. The van der Waals surface area contributed by atoms with E-state index < -0.39 is 11.6 Å². The number of nitrogens with one attached hydrogen (secondary N) is 2. The first kappa shape index (κ1) is 34.7. The Bertz CT molecular complexity index is 1610. The van der Waals surface area contributed by atoms with E-state index in [0.29, 0.717) is 43.3 Å². The van der Waals surface area contributed by atoms with Gasteiger partial charge in [-0.05, 0) is 72.4 Å². The van der Waals surface area contributed by atoms with Gasteiger partial charge in [-0.1, -0.05) is 44.2 Å². The number of anilines is 2. The second kappa shape index (κ2) is 15.1. The van der Waals surface area contributed by atoms with Crippen molar-refractivity contribution in [3.63, 3.8) is 0 Å². The molecule has 0 radical (unpaired) electrons. The maximum atomic E-state index is 12.2. The third-order valence-corrected chi connectivity index (χ3v) is 10.6. The summed E-state index contributed by atoms with van der Waals surface area (Å²) in [6.07, 6.45) is 8.68. The minimum atomic E-state index is -0.991. The number of amides is 2. The fourth-order valence-electron chi connectivity index (χ4n) is 7.21. The predicted molar refractivity (Wildman–Crippen MR) is 189 cm³/mol. The van der Waals surface area contributed by atoms with Gasteiger partial charge in [-0.3, -0.25) is 24.6 Å². The van der Waals surface area contributed by atoms with E-state index in [1.807, 2.05) is 24.5 Å². The average Bonchev–Trinajstić information content (AvgIpc) is 3.12. The van der Waals surface area contributed by atoms with Crippen LogP contribution in [0.5, 0.6) is 0 Å². The van der Waals surface area contributed by atoms with Crippen molar-refractivity contribution in [2.24, 2.45) is 0 Å². The zero-order valence-electron chi connectivity index (χ0n) is 28.9. The molecular formula is C38H49N7O4. The van der Waals surface area contributed by atoms with Crippen LogP contribution in [0.2, 0.25) is 0 Å². The number of piperidine rings is 3. The van der Waals surface area contributed by atoms with E-state index in [-0.39, 0.29) is 18.2 Å². The fraction of sp³-hybridized carbons (Fsp3) is 0.500. The highest BCUT2D eigenvalue weighted by molar-refractivity contribution is 6.00. The molecule has 3 fully saturated rings. The van der Waals surface area contributed by atoms with E-state index in [4.69, 9.17) is 0 Å². The van der Waals surface area contributed by atoms with Gasteiger partial charge >= 0.3 is 0 Å². The summed E-state index contributed by atoms with van der Waals surface area (Å²) in [7, 11) is 2.10. The lowest BCUT2D eigenvalue weighted by molar-refractivity contribution is -0.134. The van der Waals surface area contributed by atoms with Gasteiger partial charge < -0.3 is 20.2 Å². The van der Waals surface area contributed by atoms with E-state index >= 15 is 0 Å². The highest BCUT2D eigenvalue weighted by Crippen LogP contribution is 2.34. The normalized spacial score (nSPS) is 20.3. The smallest absolute Gasteiger partial charge is 0.243 e. The predicted octanol–water partition coefficient (Wildman–Crippen LogP) is 3.90. The Morgan fingerprint density at radius 2 is 1.71 bits per heavy atom. The van der Waals surface area contributed by atoms with Gasteiger partial charge in [-0.2, -0.15) is 0 Å². The maximum absolute atomic E-state index is 12.2. The number of likely N-dealkylation sites (tertiary alicyclic amines) is 1. The number of benzene rings is 2. The second-order valence-corrected chi connectivity index (χ2v) is 14.2. The van der Waals surface area contributed by atoms with Crippen molar-refractivity contribution < 1.29 is 19.5 Å². The Hall–Kier alpha value is -4.19. The van der Waals surface area contributed by atoms with Gasteiger partial charge in [0.15, 0.2) is 0 Å². The minimum absolute atomic E-state index is 0.264. The molecule has 3 saturated heterocycles. The van der Waals surface area contributed by atoms with Crippen LogP contribution in [0, 0.1) is 0 Å². The monoisotopic (exact) mass is 667 g/mol. The molecule has 1 unspecified atom stereocenters. The van der Waals surface area contributed by atoms with E-state index in [1.54, 1.807) is 6.07 Å². The number of aldehydes is 1. The molecule has 11 nitrogen and oxygen atoms in total. The topological polar surface area (TPSA) is 131 Å². The molecule has 0 saturated carbocycles. The summed E-state index contributed by atoms with van der Waals surface area (Å²) in [5.74, 6) is 0.610. The van der Waals surface area contributed by atoms with Gasteiger partial charge in [0.2, 0.25) is 17.8 Å². The molecule has 1 atom stereocenters. The fourth-order valence-corrected chi connectivity index (χ4v) is 7.21. The number of rotatable bonds is 11. The van der Waals surface area contributed by atoms with Crippen molar-refractivity contribution in [3.8, 4) is 0 Å². The summed E-state index contributed by atoms with van der Waals surface area (Å²) >= 11 is 0. The molecule has 2 amide bonds. The Morgan fingerprint density at radius 1 is 1.02 bits per heavy atom. The van der Waals surface area contributed by atoms with Crippen molar-refractivity contribution in [3.05, 3.63) is 82.7 Å². The van der Waals surface area contributed by atoms with E-state index in [1.165, 1.54) is 11.3 Å². The van der Waals surface area contributed by atoms with Gasteiger partial charge in [0, 0.05) is 82.4 Å². The van der Waals surface area contributed by atoms with Gasteiger partial charge in [-0.25, -0.2) is 9.97 Å². The first-order chi connectivity index (χ1) is 23.6. The second-order valence-electron chi connectivity index (χ2n) is 14.2. The molecule has 11 heteroatoms. The summed E-state index contributed by atoms with van der Waals surface area (Å²) < 4.78 is 0. The Labute approximate surface area is 289 Å². The molecule has 260 valence electrons. The zero-order valence-corrected chi connectivity index (χ0v) is 28.9. The quantitative estimate of drug-likeness (QED) is 0.205. The van der Waals surface area contributed by atoms with Crippen LogP contribution in [-0.2, 0) is 28.3 Å². The summed E-state index contributed by atoms with van der Waals surface area (Å²) in [5, 5.41) is 17.2. The largest absolute Gasteiger partial charge is 0.385 e. The zero-order chi connectivity index (χ0) is 34.5. The molecular weight excluding hydrogens is 618 g/mol. The van der Waals surface area contributed by atoms with Crippen molar-refractivity contribution >= 4 is 29.7 Å². The van der Waals surface area contributed by atoms with Gasteiger partial charge in [-0.15, -0.1) is 0 Å². The molecule has 49 heavy (non-hydrogen) atoms. The Kier molecular flexibility index (Phi) is 10.7. The minimum Gasteiger partial charge on any atom is -0.385 e.